The van der Waals surface area contributed by atoms with E-state index < -0.39 is 5.97 Å². The Bertz CT molecular complexity index is 1920. The largest absolute Gasteiger partial charge is 0.477 e. The van der Waals surface area contributed by atoms with Crippen LogP contribution < -0.4 is 5.32 Å². The maximum Gasteiger partial charge on any atom is 0.353 e. The van der Waals surface area contributed by atoms with E-state index in [-0.39, 0.29) is 17.0 Å². The maximum absolute atomic E-state index is 12.9. The molecule has 0 saturated heterocycles. The zero-order valence-electron chi connectivity index (χ0n) is 26.8. The van der Waals surface area contributed by atoms with E-state index in [2.05, 4.69) is 74.8 Å². The van der Waals surface area contributed by atoms with Crippen molar-refractivity contribution in [3.8, 4) is 22.3 Å². The average Bonchev–Trinajstić information content (AvgIpc) is 3.68. The highest BCUT2D eigenvalue weighted by Crippen LogP contribution is 2.37. The van der Waals surface area contributed by atoms with Gasteiger partial charge in [0.1, 0.15) is 5.69 Å². The first-order valence-electron chi connectivity index (χ1n) is 15.8. The molecule has 1 amide bonds. The number of carboxylic acid groups (broad SMARTS) is 1. The first-order valence-corrected chi connectivity index (χ1v) is 16.8. The molecule has 1 atom stereocenters. The number of carbonyl (C=O) groups excluding carboxylic acids is 1. The number of rotatable bonds is 9. The van der Waals surface area contributed by atoms with Gasteiger partial charge in [-0.15, -0.1) is 11.8 Å². The number of aryl methyl sites for hydroxylation is 1. The standard InChI is InChI=1S/C40H40N2O3S/c1-26-11-12-30(27-13-15-29(16-14-27)38(43)41-22-21-33-8-7-23-46-33)24-31(26)25-42-35-10-6-5-9-34(35)36(37(42)39(44)45)28-17-19-32(20-18-28)40(2,3)4/h5-7,9-20,23-24,33H,8,21-22,25H2,1-4H3,(H,41,43)(H,44,45). The van der Waals surface area contributed by atoms with Crippen molar-refractivity contribution >= 4 is 34.5 Å². The third-order valence-electron chi connectivity index (χ3n) is 8.89. The monoisotopic (exact) mass is 628 g/mol. The Morgan fingerprint density at radius 1 is 0.913 bits per heavy atom. The fraction of sp³-hybridized carbons (Fsp3) is 0.250. The molecule has 0 saturated carbocycles. The van der Waals surface area contributed by atoms with Crippen molar-refractivity contribution in [1.29, 1.82) is 0 Å². The van der Waals surface area contributed by atoms with Crippen LogP contribution in [0.3, 0.4) is 0 Å². The molecule has 0 radical (unpaired) electrons. The molecular weight excluding hydrogens is 589 g/mol. The Balaban J connectivity index is 1.29. The molecule has 1 aliphatic rings. The van der Waals surface area contributed by atoms with Crippen molar-refractivity contribution in [2.24, 2.45) is 0 Å². The summed E-state index contributed by atoms with van der Waals surface area (Å²) < 4.78 is 1.93. The Labute approximate surface area is 275 Å². The first-order chi connectivity index (χ1) is 22.1. The SMILES string of the molecule is Cc1ccc(-c2ccc(C(=O)NCCC3CC=CS3)cc2)cc1Cn1c(C(=O)O)c(-c2ccc(C(C)(C)C)cc2)c2ccccc21. The lowest BCUT2D eigenvalue weighted by Crippen LogP contribution is -2.26. The van der Waals surface area contributed by atoms with Crippen molar-refractivity contribution in [2.45, 2.75) is 57.7 Å². The number of nitrogens with one attached hydrogen (secondary N) is 1. The van der Waals surface area contributed by atoms with Crippen LogP contribution in [0.15, 0.2) is 102 Å². The van der Waals surface area contributed by atoms with Gasteiger partial charge in [-0.25, -0.2) is 4.79 Å². The Hall–Kier alpha value is -4.55. The summed E-state index contributed by atoms with van der Waals surface area (Å²) in [6, 6.07) is 30.2. The second-order valence-electron chi connectivity index (χ2n) is 13.1. The fourth-order valence-corrected chi connectivity index (χ4v) is 7.11. The minimum absolute atomic E-state index is 0.00340. The molecule has 1 unspecified atom stereocenters. The number of amides is 1. The van der Waals surface area contributed by atoms with E-state index in [1.165, 1.54) is 5.56 Å². The first kappa shape index (κ1) is 31.4. The van der Waals surface area contributed by atoms with Crippen LogP contribution in [-0.2, 0) is 12.0 Å². The summed E-state index contributed by atoms with van der Waals surface area (Å²) in [6.45, 7) is 9.66. The summed E-state index contributed by atoms with van der Waals surface area (Å²) in [7, 11) is 0. The molecule has 1 aliphatic heterocycles. The minimum atomic E-state index is -0.951. The van der Waals surface area contributed by atoms with Crippen molar-refractivity contribution in [3.05, 3.63) is 130 Å². The van der Waals surface area contributed by atoms with E-state index in [4.69, 9.17) is 0 Å². The molecule has 6 rings (SSSR count). The van der Waals surface area contributed by atoms with E-state index >= 15 is 0 Å². The molecule has 5 nitrogen and oxygen atoms in total. The van der Waals surface area contributed by atoms with Gasteiger partial charge in [0.15, 0.2) is 0 Å². The van der Waals surface area contributed by atoms with Crippen LogP contribution >= 0.6 is 11.8 Å². The predicted molar refractivity (Wildman–Crippen MR) is 191 cm³/mol. The average molecular weight is 629 g/mol. The van der Waals surface area contributed by atoms with Gasteiger partial charge >= 0.3 is 5.97 Å². The van der Waals surface area contributed by atoms with Gasteiger partial charge in [0.2, 0.25) is 0 Å². The third kappa shape index (κ3) is 6.54. The summed E-state index contributed by atoms with van der Waals surface area (Å²) in [5.74, 6) is -1.01. The summed E-state index contributed by atoms with van der Waals surface area (Å²) in [4.78, 5) is 25.7. The topological polar surface area (TPSA) is 71.3 Å². The zero-order chi connectivity index (χ0) is 32.4. The molecule has 2 heterocycles. The van der Waals surface area contributed by atoms with Crippen LogP contribution in [0.5, 0.6) is 0 Å². The van der Waals surface area contributed by atoms with Crippen LogP contribution in [0.1, 0.15) is 71.1 Å². The summed E-state index contributed by atoms with van der Waals surface area (Å²) in [6.07, 6.45) is 4.21. The smallest absolute Gasteiger partial charge is 0.353 e. The quantitative estimate of drug-likeness (QED) is 0.171. The Morgan fingerprint density at radius 2 is 1.61 bits per heavy atom. The summed E-state index contributed by atoms with van der Waals surface area (Å²) in [5, 5.41) is 17.3. The molecule has 6 heteroatoms. The normalized spacial score (nSPS) is 14.6. The predicted octanol–water partition coefficient (Wildman–Crippen LogP) is 9.47. The van der Waals surface area contributed by atoms with Crippen molar-refractivity contribution in [3.63, 3.8) is 0 Å². The van der Waals surface area contributed by atoms with Crippen LogP contribution in [0.4, 0.5) is 0 Å². The van der Waals surface area contributed by atoms with Gasteiger partial charge in [0, 0.05) is 40.4 Å². The van der Waals surface area contributed by atoms with Gasteiger partial charge in [0.05, 0.1) is 0 Å². The van der Waals surface area contributed by atoms with Gasteiger partial charge in [-0.2, -0.15) is 0 Å². The van der Waals surface area contributed by atoms with E-state index in [1.54, 1.807) is 0 Å². The number of thioether (sulfide) groups is 1. The van der Waals surface area contributed by atoms with E-state index in [0.29, 0.717) is 23.9 Å². The molecular formula is C40H40N2O3S. The molecule has 0 spiro atoms. The summed E-state index contributed by atoms with van der Waals surface area (Å²) in [5.41, 5.74) is 8.79. The molecule has 2 N–H and O–H groups in total. The summed E-state index contributed by atoms with van der Waals surface area (Å²) >= 11 is 1.83. The maximum atomic E-state index is 12.9. The van der Waals surface area contributed by atoms with Gasteiger partial charge in [-0.05, 0) is 88.2 Å². The lowest BCUT2D eigenvalue weighted by molar-refractivity contribution is 0.0687. The number of benzene rings is 4. The number of para-hydroxylation sites is 1. The Morgan fingerprint density at radius 3 is 2.28 bits per heavy atom. The molecule has 234 valence electrons. The third-order valence-corrected chi connectivity index (χ3v) is 10.1. The van der Waals surface area contributed by atoms with E-state index in [9.17, 15) is 14.7 Å². The highest BCUT2D eigenvalue weighted by molar-refractivity contribution is 8.03. The highest BCUT2D eigenvalue weighted by atomic mass is 32.2. The molecule has 0 fully saturated rings. The molecule has 4 aromatic carbocycles. The zero-order valence-corrected chi connectivity index (χ0v) is 27.7. The minimum Gasteiger partial charge on any atom is -0.477 e. The molecule has 0 bridgehead atoms. The van der Waals surface area contributed by atoms with Gasteiger partial charge in [-0.3, -0.25) is 4.79 Å². The number of aromatic nitrogens is 1. The van der Waals surface area contributed by atoms with Crippen molar-refractivity contribution in [1.82, 2.24) is 9.88 Å². The number of allylic oxidation sites excluding steroid dienone is 1. The second kappa shape index (κ2) is 13.1. The lowest BCUT2D eigenvalue weighted by Gasteiger charge is -2.19. The van der Waals surface area contributed by atoms with Crippen LogP contribution in [0, 0.1) is 6.92 Å². The highest BCUT2D eigenvalue weighted by Gasteiger charge is 2.25. The number of aromatic carboxylic acids is 1. The number of fused-ring (bicyclic) bond motifs is 1. The van der Waals surface area contributed by atoms with Crippen molar-refractivity contribution < 1.29 is 14.7 Å². The number of hydrogen-bond acceptors (Lipinski definition) is 3. The second-order valence-corrected chi connectivity index (χ2v) is 14.3. The molecule has 0 aliphatic carbocycles. The molecule has 1 aromatic heterocycles. The Kier molecular flexibility index (Phi) is 8.92. The van der Waals surface area contributed by atoms with Crippen LogP contribution in [-0.4, -0.2) is 33.3 Å². The van der Waals surface area contributed by atoms with Gasteiger partial charge < -0.3 is 15.0 Å². The van der Waals surface area contributed by atoms with Crippen LogP contribution in [0.25, 0.3) is 33.2 Å². The van der Waals surface area contributed by atoms with Gasteiger partial charge in [0.25, 0.3) is 5.91 Å². The van der Waals surface area contributed by atoms with E-state index in [0.717, 1.165) is 57.1 Å². The fourth-order valence-electron chi connectivity index (χ4n) is 6.19. The van der Waals surface area contributed by atoms with E-state index in [1.807, 2.05) is 77.0 Å². The van der Waals surface area contributed by atoms with Crippen molar-refractivity contribution in [2.75, 3.05) is 6.54 Å². The molecule has 46 heavy (non-hydrogen) atoms. The molecule has 5 aromatic rings. The number of hydrogen-bond donors (Lipinski definition) is 2. The number of nitrogens with zero attached hydrogens (tertiary/aromatic N) is 1. The number of carbonyl (C=O) groups is 2. The lowest BCUT2D eigenvalue weighted by atomic mass is 9.86. The van der Waals surface area contributed by atoms with Gasteiger partial charge in [-0.1, -0.05) is 93.6 Å². The number of carboxylic acids is 1. The van der Waals surface area contributed by atoms with Crippen LogP contribution in [0.2, 0.25) is 0 Å².